The molecule has 2 aliphatic heterocycles. The standard InChI is InChI=1S/C15H15BrN2O4/c16-9-3-4-11-12(6-9)15(21)18(14(11)20)8-13(19)17-7-10-2-1-5-22-10/h3-4,6,10H,1-2,5,7-8H2,(H,17,19)/t10-/m1/s1. The Kier molecular flexibility index (Phi) is 4.26. The highest BCUT2D eigenvalue weighted by molar-refractivity contribution is 9.10. The SMILES string of the molecule is O=C(CN1C(=O)c2ccc(Br)cc2C1=O)NC[C@H]1CCCO1. The number of carbonyl (C=O) groups excluding carboxylic acids is 3. The second-order valence-corrected chi connectivity index (χ2v) is 6.24. The molecule has 0 aliphatic carbocycles. The molecule has 1 saturated heterocycles. The van der Waals surface area contributed by atoms with Crippen molar-refractivity contribution in [1.82, 2.24) is 10.2 Å². The molecule has 0 radical (unpaired) electrons. The minimum atomic E-state index is -0.437. The second kappa shape index (κ2) is 6.18. The van der Waals surface area contributed by atoms with Crippen LogP contribution in [0.25, 0.3) is 0 Å². The number of hydrogen-bond acceptors (Lipinski definition) is 4. The molecule has 1 N–H and O–H groups in total. The van der Waals surface area contributed by atoms with E-state index < -0.39 is 11.8 Å². The number of nitrogens with zero attached hydrogens (tertiary/aromatic N) is 1. The Morgan fingerprint density at radius 2 is 2.09 bits per heavy atom. The molecule has 0 unspecified atom stereocenters. The van der Waals surface area contributed by atoms with Gasteiger partial charge in [-0.25, -0.2) is 0 Å². The Labute approximate surface area is 135 Å². The zero-order valence-corrected chi connectivity index (χ0v) is 13.4. The van der Waals surface area contributed by atoms with E-state index in [-0.39, 0.29) is 18.6 Å². The number of imide groups is 1. The molecule has 0 bridgehead atoms. The second-order valence-electron chi connectivity index (χ2n) is 5.33. The average Bonchev–Trinajstić information content (AvgIpc) is 3.09. The third-order valence-corrected chi connectivity index (χ3v) is 4.28. The van der Waals surface area contributed by atoms with E-state index in [4.69, 9.17) is 4.74 Å². The van der Waals surface area contributed by atoms with Crippen LogP contribution in [0.5, 0.6) is 0 Å². The largest absolute Gasteiger partial charge is 0.376 e. The highest BCUT2D eigenvalue weighted by Gasteiger charge is 2.36. The molecule has 116 valence electrons. The predicted molar refractivity (Wildman–Crippen MR) is 81.5 cm³/mol. The summed E-state index contributed by atoms with van der Waals surface area (Å²) in [7, 11) is 0. The van der Waals surface area contributed by atoms with Crippen molar-refractivity contribution in [2.45, 2.75) is 18.9 Å². The lowest BCUT2D eigenvalue weighted by Gasteiger charge is -2.15. The molecule has 3 amide bonds. The van der Waals surface area contributed by atoms with Gasteiger partial charge in [0.05, 0.1) is 17.2 Å². The smallest absolute Gasteiger partial charge is 0.262 e. The summed E-state index contributed by atoms with van der Waals surface area (Å²) in [6.07, 6.45) is 1.94. The summed E-state index contributed by atoms with van der Waals surface area (Å²) in [5, 5.41) is 2.71. The normalized spacial score (nSPS) is 20.4. The molecular formula is C15H15BrN2O4. The topological polar surface area (TPSA) is 75.7 Å². The Bertz CT molecular complexity index is 640. The van der Waals surface area contributed by atoms with Crippen LogP contribution in [0.15, 0.2) is 22.7 Å². The van der Waals surface area contributed by atoms with Crippen LogP contribution in [-0.4, -0.2) is 48.4 Å². The van der Waals surface area contributed by atoms with E-state index in [0.717, 1.165) is 22.2 Å². The number of benzene rings is 1. The summed E-state index contributed by atoms with van der Waals surface area (Å²) in [6.45, 7) is 0.859. The third-order valence-electron chi connectivity index (χ3n) is 3.79. The van der Waals surface area contributed by atoms with Crippen molar-refractivity contribution < 1.29 is 19.1 Å². The van der Waals surface area contributed by atoms with Crippen molar-refractivity contribution in [2.75, 3.05) is 19.7 Å². The molecule has 22 heavy (non-hydrogen) atoms. The Morgan fingerprint density at radius 1 is 1.32 bits per heavy atom. The number of hydrogen-bond donors (Lipinski definition) is 1. The summed E-state index contributed by atoms with van der Waals surface area (Å²) in [5.74, 6) is -1.22. The van der Waals surface area contributed by atoms with Crippen molar-refractivity contribution in [2.24, 2.45) is 0 Å². The van der Waals surface area contributed by atoms with Gasteiger partial charge in [0, 0.05) is 17.6 Å². The van der Waals surface area contributed by atoms with Crippen LogP contribution in [0.1, 0.15) is 33.6 Å². The van der Waals surface area contributed by atoms with Crippen molar-refractivity contribution in [3.8, 4) is 0 Å². The number of nitrogens with one attached hydrogen (secondary N) is 1. The van der Waals surface area contributed by atoms with Gasteiger partial charge in [0.25, 0.3) is 11.8 Å². The lowest BCUT2D eigenvalue weighted by atomic mass is 10.1. The van der Waals surface area contributed by atoms with Crippen LogP contribution in [0, 0.1) is 0 Å². The average molecular weight is 367 g/mol. The van der Waals surface area contributed by atoms with Crippen molar-refractivity contribution in [3.63, 3.8) is 0 Å². The third kappa shape index (κ3) is 2.91. The molecule has 7 heteroatoms. The van der Waals surface area contributed by atoms with Crippen molar-refractivity contribution in [1.29, 1.82) is 0 Å². The monoisotopic (exact) mass is 366 g/mol. The van der Waals surface area contributed by atoms with Crippen molar-refractivity contribution >= 4 is 33.7 Å². The molecule has 0 spiro atoms. The zero-order chi connectivity index (χ0) is 15.7. The first-order valence-electron chi connectivity index (χ1n) is 7.10. The Hall–Kier alpha value is -1.73. The van der Waals surface area contributed by atoms with Crippen LogP contribution < -0.4 is 5.32 Å². The van der Waals surface area contributed by atoms with E-state index in [0.29, 0.717) is 24.3 Å². The molecule has 2 heterocycles. The highest BCUT2D eigenvalue weighted by atomic mass is 79.9. The number of fused-ring (bicyclic) bond motifs is 1. The molecule has 3 rings (SSSR count). The molecule has 6 nitrogen and oxygen atoms in total. The van der Waals surface area contributed by atoms with Gasteiger partial charge in [0.15, 0.2) is 0 Å². The molecule has 1 aromatic carbocycles. The van der Waals surface area contributed by atoms with Crippen LogP contribution in [0.3, 0.4) is 0 Å². The molecule has 2 aliphatic rings. The van der Waals surface area contributed by atoms with E-state index in [1.807, 2.05) is 0 Å². The molecular weight excluding hydrogens is 352 g/mol. The number of ether oxygens (including phenoxy) is 1. The maximum Gasteiger partial charge on any atom is 0.262 e. The van der Waals surface area contributed by atoms with Gasteiger partial charge in [0.2, 0.25) is 5.91 Å². The highest BCUT2D eigenvalue weighted by Crippen LogP contribution is 2.25. The van der Waals surface area contributed by atoms with E-state index >= 15 is 0 Å². The number of rotatable bonds is 4. The molecule has 0 aromatic heterocycles. The predicted octanol–water partition coefficient (Wildman–Crippen LogP) is 1.34. The first-order valence-corrected chi connectivity index (χ1v) is 7.89. The minimum absolute atomic E-state index is 0.0297. The first kappa shape index (κ1) is 15.2. The van der Waals surface area contributed by atoms with Gasteiger partial charge >= 0.3 is 0 Å². The van der Waals surface area contributed by atoms with E-state index in [9.17, 15) is 14.4 Å². The Morgan fingerprint density at radius 3 is 2.82 bits per heavy atom. The number of halogens is 1. The number of carbonyl (C=O) groups is 3. The summed E-state index contributed by atoms with van der Waals surface area (Å²) in [6, 6.07) is 4.88. The van der Waals surface area contributed by atoms with Crippen molar-refractivity contribution in [3.05, 3.63) is 33.8 Å². The van der Waals surface area contributed by atoms with Gasteiger partial charge in [-0.15, -0.1) is 0 Å². The van der Waals surface area contributed by atoms with Gasteiger partial charge in [-0.3, -0.25) is 19.3 Å². The van der Waals surface area contributed by atoms with Crippen LogP contribution in [0.2, 0.25) is 0 Å². The lowest BCUT2D eigenvalue weighted by Crippen LogP contribution is -2.42. The van der Waals surface area contributed by atoms with Crippen LogP contribution in [-0.2, 0) is 9.53 Å². The van der Waals surface area contributed by atoms with E-state index in [1.54, 1.807) is 18.2 Å². The Balaban J connectivity index is 1.62. The van der Waals surface area contributed by atoms with E-state index in [2.05, 4.69) is 21.2 Å². The molecule has 1 atom stereocenters. The quantitative estimate of drug-likeness (QED) is 0.815. The van der Waals surface area contributed by atoms with Gasteiger partial charge in [-0.1, -0.05) is 15.9 Å². The summed E-state index contributed by atoms with van der Waals surface area (Å²) in [4.78, 5) is 37.4. The summed E-state index contributed by atoms with van der Waals surface area (Å²) in [5.41, 5.74) is 0.659. The van der Waals surface area contributed by atoms with Gasteiger partial charge < -0.3 is 10.1 Å². The molecule has 0 saturated carbocycles. The fourth-order valence-electron chi connectivity index (χ4n) is 2.64. The number of amides is 3. The zero-order valence-electron chi connectivity index (χ0n) is 11.8. The fourth-order valence-corrected chi connectivity index (χ4v) is 3.00. The fraction of sp³-hybridized carbons (Fsp3) is 0.400. The van der Waals surface area contributed by atoms with E-state index in [1.165, 1.54) is 0 Å². The maximum absolute atomic E-state index is 12.2. The van der Waals surface area contributed by atoms with Gasteiger partial charge in [-0.2, -0.15) is 0 Å². The minimum Gasteiger partial charge on any atom is -0.376 e. The summed E-state index contributed by atoms with van der Waals surface area (Å²) < 4.78 is 6.13. The maximum atomic E-state index is 12.2. The van der Waals surface area contributed by atoms with Crippen LogP contribution in [0.4, 0.5) is 0 Å². The van der Waals surface area contributed by atoms with Gasteiger partial charge in [-0.05, 0) is 31.0 Å². The lowest BCUT2D eigenvalue weighted by molar-refractivity contribution is -0.121. The summed E-state index contributed by atoms with van der Waals surface area (Å²) >= 11 is 3.27. The molecule has 1 aromatic rings. The molecule has 1 fully saturated rings. The first-order chi connectivity index (χ1) is 10.6. The van der Waals surface area contributed by atoms with Gasteiger partial charge in [0.1, 0.15) is 6.54 Å². The van der Waals surface area contributed by atoms with Crippen LogP contribution >= 0.6 is 15.9 Å².